The molecule has 1 aromatic heterocycles. The number of benzene rings is 2. The third-order valence-corrected chi connectivity index (χ3v) is 13.1. The number of nitrogens with one attached hydrogen (secondary N) is 2. The number of nitrogens with zero attached hydrogens (tertiary/aromatic N) is 7. The molecule has 14 nitrogen and oxygen atoms in total. The van der Waals surface area contributed by atoms with Crippen LogP contribution in [0.4, 0.5) is 17.2 Å². The molecule has 3 aromatic rings. The minimum atomic E-state index is -0.598. The lowest BCUT2D eigenvalue weighted by atomic mass is 9.95. The van der Waals surface area contributed by atoms with Gasteiger partial charge in [-0.2, -0.15) is 0 Å². The molecule has 2 aromatic carbocycles. The standard InChI is InChI=1S/C40H45N9O5/c50-34-4-2-1-3-27(34)31-16-33-37(44-43-31)41-17-26-20-47(13-14-48(26)33)40(54)36-29-21-45(22-30(29)36)18-23-9-11-46(12-10-23)25-6-5-24-19-49(39(53)28(24)15-25)32-7-8-35(51)42-38(32)52/h1-6,15-16,23,26,29-30,32,36,50H,7-14,17-22H2,(H,41,44)(H,42,51,52)/t26-,29-,30+,32?,36?/m0/s1. The minimum absolute atomic E-state index is 0.129. The largest absolute Gasteiger partial charge is 0.507 e. The van der Waals surface area contributed by atoms with Gasteiger partial charge in [-0.3, -0.25) is 24.5 Å². The Bertz CT molecular complexity index is 2040. The highest BCUT2D eigenvalue weighted by atomic mass is 16.3. The second kappa shape index (κ2) is 13.0. The summed E-state index contributed by atoms with van der Waals surface area (Å²) >= 11 is 0. The average molecular weight is 732 g/mol. The second-order valence-corrected chi connectivity index (χ2v) is 16.2. The topological polar surface area (TPSA) is 155 Å². The summed E-state index contributed by atoms with van der Waals surface area (Å²) in [4.78, 5) is 62.2. The van der Waals surface area contributed by atoms with Crippen molar-refractivity contribution >= 4 is 40.8 Å². The Hall–Kier alpha value is -5.24. The fourth-order valence-electron chi connectivity index (χ4n) is 10.1. The maximum absolute atomic E-state index is 13.8. The highest BCUT2D eigenvalue weighted by Gasteiger charge is 2.60. The van der Waals surface area contributed by atoms with E-state index in [-0.39, 0.29) is 41.9 Å². The molecule has 1 aliphatic carbocycles. The SMILES string of the molecule is O=C1CCC(N2Cc3ccc(N4CCC(CN5C[C@@H]6C(C(=O)N7CCN8c9cc(-c%10ccccc%10O)nnc9NC[C@H]8C7)[C@@H]6C5)CC4)cc3C2=O)C(=O)N1. The number of phenols is 1. The van der Waals surface area contributed by atoms with Crippen LogP contribution in [0.1, 0.15) is 41.6 Å². The van der Waals surface area contributed by atoms with E-state index in [0.29, 0.717) is 73.1 Å². The summed E-state index contributed by atoms with van der Waals surface area (Å²) in [5, 5.41) is 25.0. The van der Waals surface area contributed by atoms with Gasteiger partial charge in [0.1, 0.15) is 11.8 Å². The van der Waals surface area contributed by atoms with E-state index >= 15 is 0 Å². The van der Waals surface area contributed by atoms with Crippen molar-refractivity contribution in [1.82, 2.24) is 30.2 Å². The Labute approximate surface area is 313 Å². The molecule has 54 heavy (non-hydrogen) atoms. The van der Waals surface area contributed by atoms with Gasteiger partial charge in [-0.15, -0.1) is 10.2 Å². The maximum Gasteiger partial charge on any atom is 0.255 e. The third-order valence-electron chi connectivity index (χ3n) is 13.1. The number of piperazine rings is 1. The molecule has 280 valence electrons. The first-order valence-corrected chi connectivity index (χ1v) is 19.5. The summed E-state index contributed by atoms with van der Waals surface area (Å²) in [5.41, 5.74) is 4.90. The van der Waals surface area contributed by atoms with Crippen LogP contribution in [-0.4, -0.2) is 125 Å². The highest BCUT2D eigenvalue weighted by molar-refractivity contribution is 6.05. The fourth-order valence-corrected chi connectivity index (χ4v) is 10.1. The molecule has 4 amide bonds. The Balaban J connectivity index is 0.696. The average Bonchev–Trinajstić information content (AvgIpc) is 3.50. The number of likely N-dealkylation sites (tertiary alicyclic amines) is 1. The first-order valence-electron chi connectivity index (χ1n) is 19.5. The van der Waals surface area contributed by atoms with Crippen molar-refractivity contribution in [2.24, 2.45) is 23.7 Å². The van der Waals surface area contributed by atoms with E-state index in [4.69, 9.17) is 0 Å². The van der Waals surface area contributed by atoms with Crippen LogP contribution >= 0.6 is 0 Å². The molecule has 6 aliphatic heterocycles. The first kappa shape index (κ1) is 33.3. The second-order valence-electron chi connectivity index (χ2n) is 16.2. The normalized spacial score (nSPS) is 27.9. The first-order chi connectivity index (χ1) is 26.3. The molecule has 14 heteroatoms. The number of carbonyl (C=O) groups excluding carboxylic acids is 4. The van der Waals surface area contributed by atoms with E-state index in [1.165, 1.54) is 0 Å². The van der Waals surface area contributed by atoms with Crippen LogP contribution in [0.25, 0.3) is 11.3 Å². The van der Waals surface area contributed by atoms with Crippen LogP contribution in [-0.2, 0) is 20.9 Å². The zero-order valence-electron chi connectivity index (χ0n) is 30.2. The number of aromatic hydroxyl groups is 1. The van der Waals surface area contributed by atoms with Crippen molar-refractivity contribution < 1.29 is 24.3 Å². The van der Waals surface area contributed by atoms with Crippen molar-refractivity contribution in [2.45, 2.75) is 44.3 Å². The fraction of sp³-hybridized carbons (Fsp3) is 0.500. The predicted octanol–water partition coefficient (Wildman–Crippen LogP) is 2.15. The number of anilines is 3. The lowest BCUT2D eigenvalue weighted by Crippen LogP contribution is -2.59. The van der Waals surface area contributed by atoms with Gasteiger partial charge in [0.2, 0.25) is 17.7 Å². The molecule has 7 aliphatic rings. The van der Waals surface area contributed by atoms with Crippen LogP contribution in [0.15, 0.2) is 48.5 Å². The van der Waals surface area contributed by atoms with Crippen molar-refractivity contribution in [2.75, 3.05) is 74.0 Å². The van der Waals surface area contributed by atoms with Crippen molar-refractivity contribution in [1.29, 1.82) is 0 Å². The van der Waals surface area contributed by atoms with Gasteiger partial charge in [0.05, 0.1) is 17.4 Å². The van der Waals surface area contributed by atoms with Gasteiger partial charge in [-0.05, 0) is 72.9 Å². The monoisotopic (exact) mass is 731 g/mol. The number of imide groups is 1. The molecule has 5 fully saturated rings. The molecule has 0 bridgehead atoms. The van der Waals surface area contributed by atoms with Crippen LogP contribution in [0.5, 0.6) is 5.75 Å². The summed E-state index contributed by atoms with van der Waals surface area (Å²) < 4.78 is 0. The zero-order valence-corrected chi connectivity index (χ0v) is 30.2. The number of carbonyl (C=O) groups is 4. The lowest BCUT2D eigenvalue weighted by molar-refractivity contribution is -0.137. The van der Waals surface area contributed by atoms with Crippen molar-refractivity contribution in [3.05, 3.63) is 59.7 Å². The summed E-state index contributed by atoms with van der Waals surface area (Å²) in [7, 11) is 0. The van der Waals surface area contributed by atoms with Crippen LogP contribution in [0.3, 0.4) is 0 Å². The predicted molar refractivity (Wildman–Crippen MR) is 200 cm³/mol. The quantitative estimate of drug-likeness (QED) is 0.320. The van der Waals surface area contributed by atoms with Gasteiger partial charge in [-0.1, -0.05) is 18.2 Å². The van der Waals surface area contributed by atoms with Gasteiger partial charge in [-0.25, -0.2) is 0 Å². The Morgan fingerprint density at radius 3 is 2.48 bits per heavy atom. The third kappa shape index (κ3) is 5.73. The zero-order chi connectivity index (χ0) is 36.7. The number of hydrogen-bond acceptors (Lipinski definition) is 11. The van der Waals surface area contributed by atoms with Crippen LogP contribution in [0.2, 0.25) is 0 Å². The van der Waals surface area contributed by atoms with E-state index in [1.54, 1.807) is 17.0 Å². The molecule has 0 spiro atoms. The Morgan fingerprint density at radius 2 is 1.69 bits per heavy atom. The summed E-state index contributed by atoms with van der Waals surface area (Å²) in [6.45, 7) is 8.18. The number of hydrogen-bond donors (Lipinski definition) is 3. The van der Waals surface area contributed by atoms with Gasteiger partial charge in [0.25, 0.3) is 5.91 Å². The minimum Gasteiger partial charge on any atom is -0.507 e. The molecule has 7 heterocycles. The number of phenolic OH excluding ortho intramolecular Hbond substituents is 1. The molecular weight excluding hydrogens is 686 g/mol. The van der Waals surface area contributed by atoms with Gasteiger partial charge >= 0.3 is 0 Å². The van der Waals surface area contributed by atoms with Gasteiger partial charge in [0.15, 0.2) is 5.82 Å². The molecule has 3 N–H and O–H groups in total. The number of rotatable bonds is 6. The molecular formula is C40H45N9O5. The van der Waals surface area contributed by atoms with Crippen LogP contribution in [0, 0.1) is 23.7 Å². The Morgan fingerprint density at radius 1 is 0.870 bits per heavy atom. The molecule has 1 saturated carbocycles. The number of amides is 4. The van der Waals surface area contributed by atoms with E-state index in [2.05, 4.69) is 46.5 Å². The molecule has 5 atom stereocenters. The number of para-hydroxylation sites is 1. The van der Waals surface area contributed by atoms with Crippen molar-refractivity contribution in [3.63, 3.8) is 0 Å². The van der Waals surface area contributed by atoms with E-state index in [1.807, 2.05) is 30.3 Å². The summed E-state index contributed by atoms with van der Waals surface area (Å²) in [6, 6.07) is 14.8. The van der Waals surface area contributed by atoms with Gasteiger partial charge < -0.3 is 34.9 Å². The van der Waals surface area contributed by atoms with E-state index in [0.717, 1.165) is 74.9 Å². The summed E-state index contributed by atoms with van der Waals surface area (Å²) in [6.07, 6.45) is 2.80. The number of aromatic nitrogens is 2. The van der Waals surface area contributed by atoms with E-state index < -0.39 is 6.04 Å². The van der Waals surface area contributed by atoms with Crippen LogP contribution < -0.4 is 20.4 Å². The van der Waals surface area contributed by atoms with Gasteiger partial charge in [0, 0.05) is 94.6 Å². The summed E-state index contributed by atoms with van der Waals surface area (Å²) in [5.74, 6) is 2.12. The Kier molecular flexibility index (Phi) is 8.00. The highest BCUT2D eigenvalue weighted by Crippen LogP contribution is 2.53. The maximum atomic E-state index is 13.8. The number of fused-ring (bicyclic) bond motifs is 5. The molecule has 0 radical (unpaired) electrons. The molecule has 2 unspecified atom stereocenters. The van der Waals surface area contributed by atoms with Crippen molar-refractivity contribution in [3.8, 4) is 17.0 Å². The molecule has 10 rings (SSSR count). The smallest absolute Gasteiger partial charge is 0.255 e. The lowest BCUT2D eigenvalue weighted by Gasteiger charge is -2.46. The number of piperidine rings is 3. The van der Waals surface area contributed by atoms with E-state index in [9.17, 15) is 24.3 Å². The molecule has 4 saturated heterocycles.